The summed E-state index contributed by atoms with van der Waals surface area (Å²) in [5, 5.41) is 0. The standard InChI is InChI=1S/C20H23FN4O/c1-3-5-17-19(14-6-4-7-15(21)10-14)18(20(22)26)13(2)25(17)9-8-16-11-23-12-24-16/h4,6-7,10-12H,3,5,8-9H2,1-2H3,(H2,22,26)(H,23,24). The topological polar surface area (TPSA) is 76.7 Å². The zero-order valence-electron chi connectivity index (χ0n) is 15.1. The van der Waals surface area contributed by atoms with Gasteiger partial charge in [0.25, 0.3) is 5.91 Å². The molecule has 0 aliphatic heterocycles. The van der Waals surface area contributed by atoms with E-state index < -0.39 is 5.91 Å². The van der Waals surface area contributed by atoms with Crippen molar-refractivity contribution < 1.29 is 9.18 Å². The van der Waals surface area contributed by atoms with Crippen LogP contribution in [-0.2, 0) is 19.4 Å². The number of primary amides is 1. The van der Waals surface area contributed by atoms with E-state index in [9.17, 15) is 9.18 Å². The molecule has 2 heterocycles. The lowest BCUT2D eigenvalue weighted by molar-refractivity contribution is 0.1000. The second-order valence-corrected chi connectivity index (χ2v) is 6.39. The Labute approximate surface area is 152 Å². The lowest BCUT2D eigenvalue weighted by Crippen LogP contribution is -2.14. The van der Waals surface area contributed by atoms with Crippen LogP contribution < -0.4 is 5.73 Å². The number of nitrogens with one attached hydrogen (secondary N) is 1. The van der Waals surface area contributed by atoms with Gasteiger partial charge in [0.1, 0.15) is 5.82 Å². The molecule has 3 N–H and O–H groups in total. The Hall–Kier alpha value is -2.89. The highest BCUT2D eigenvalue weighted by molar-refractivity contribution is 6.02. The maximum Gasteiger partial charge on any atom is 0.251 e. The van der Waals surface area contributed by atoms with E-state index in [2.05, 4.69) is 21.5 Å². The van der Waals surface area contributed by atoms with Crippen molar-refractivity contribution in [3.05, 3.63) is 65.3 Å². The fourth-order valence-corrected chi connectivity index (χ4v) is 3.51. The molecule has 1 amide bonds. The lowest BCUT2D eigenvalue weighted by Gasteiger charge is -2.12. The molecule has 6 heteroatoms. The summed E-state index contributed by atoms with van der Waals surface area (Å²) in [6.07, 6.45) is 5.89. The second-order valence-electron chi connectivity index (χ2n) is 6.39. The summed E-state index contributed by atoms with van der Waals surface area (Å²) in [6.45, 7) is 4.68. The third-order valence-electron chi connectivity index (χ3n) is 4.64. The number of rotatable bonds is 7. The third kappa shape index (κ3) is 3.40. The minimum atomic E-state index is -0.487. The van der Waals surface area contributed by atoms with Crippen LogP contribution >= 0.6 is 0 Å². The minimum absolute atomic E-state index is 0.330. The molecule has 3 aromatic rings. The highest BCUT2D eigenvalue weighted by atomic mass is 19.1. The molecule has 136 valence electrons. The van der Waals surface area contributed by atoms with E-state index in [4.69, 9.17) is 5.73 Å². The number of H-pyrrole nitrogens is 1. The van der Waals surface area contributed by atoms with Gasteiger partial charge < -0.3 is 15.3 Å². The van der Waals surface area contributed by atoms with E-state index in [1.54, 1.807) is 18.6 Å². The van der Waals surface area contributed by atoms with Gasteiger partial charge >= 0.3 is 0 Å². The van der Waals surface area contributed by atoms with E-state index in [1.807, 2.05) is 13.0 Å². The average molecular weight is 354 g/mol. The summed E-state index contributed by atoms with van der Waals surface area (Å²) >= 11 is 0. The molecule has 26 heavy (non-hydrogen) atoms. The highest BCUT2D eigenvalue weighted by Gasteiger charge is 2.24. The van der Waals surface area contributed by atoms with Crippen molar-refractivity contribution in [3.63, 3.8) is 0 Å². The number of halogens is 1. The summed E-state index contributed by atoms with van der Waals surface area (Å²) in [7, 11) is 0. The number of hydrogen-bond acceptors (Lipinski definition) is 2. The van der Waals surface area contributed by atoms with Crippen molar-refractivity contribution in [2.24, 2.45) is 5.73 Å². The first-order chi connectivity index (χ1) is 12.5. The molecule has 0 radical (unpaired) electrons. The number of carbonyl (C=O) groups is 1. The first kappa shape index (κ1) is 17.9. The van der Waals surface area contributed by atoms with Gasteiger partial charge in [-0.05, 0) is 31.0 Å². The monoisotopic (exact) mass is 354 g/mol. The molecule has 0 spiro atoms. The summed E-state index contributed by atoms with van der Waals surface area (Å²) in [5.41, 5.74) is 10.5. The Kier molecular flexibility index (Phi) is 5.21. The first-order valence-corrected chi connectivity index (χ1v) is 8.77. The Balaban J connectivity index is 2.14. The van der Waals surface area contributed by atoms with Crippen molar-refractivity contribution in [2.75, 3.05) is 0 Å². The molecule has 0 aliphatic rings. The molecule has 0 atom stereocenters. The Morgan fingerprint density at radius 2 is 2.15 bits per heavy atom. The zero-order chi connectivity index (χ0) is 18.7. The summed E-state index contributed by atoms with van der Waals surface area (Å²) < 4.78 is 15.9. The quantitative estimate of drug-likeness (QED) is 0.680. The van der Waals surface area contributed by atoms with E-state index in [0.717, 1.165) is 41.9 Å². The molecule has 3 rings (SSSR count). The molecule has 0 saturated heterocycles. The molecule has 0 bridgehead atoms. The molecular formula is C20H23FN4O. The molecule has 0 fully saturated rings. The van der Waals surface area contributed by atoms with Crippen LogP contribution in [-0.4, -0.2) is 20.4 Å². The third-order valence-corrected chi connectivity index (χ3v) is 4.64. The average Bonchev–Trinajstić information content (AvgIpc) is 3.20. The van der Waals surface area contributed by atoms with Gasteiger partial charge in [0.15, 0.2) is 0 Å². The number of aryl methyl sites for hydroxylation is 1. The van der Waals surface area contributed by atoms with Crippen LogP contribution in [0.15, 0.2) is 36.8 Å². The smallest absolute Gasteiger partial charge is 0.251 e. The molecule has 0 aliphatic carbocycles. The van der Waals surface area contributed by atoms with E-state index >= 15 is 0 Å². The van der Waals surface area contributed by atoms with Crippen LogP contribution in [0.2, 0.25) is 0 Å². The summed E-state index contributed by atoms with van der Waals surface area (Å²) in [4.78, 5) is 19.3. The van der Waals surface area contributed by atoms with Gasteiger partial charge in [0.2, 0.25) is 0 Å². The fraction of sp³-hybridized carbons (Fsp3) is 0.300. The van der Waals surface area contributed by atoms with Gasteiger partial charge in [-0.25, -0.2) is 9.37 Å². The van der Waals surface area contributed by atoms with Crippen LogP contribution in [0.5, 0.6) is 0 Å². The number of benzene rings is 1. The number of aromatic nitrogens is 3. The maximum absolute atomic E-state index is 13.8. The van der Waals surface area contributed by atoms with Gasteiger partial charge in [-0.1, -0.05) is 25.5 Å². The molecular weight excluding hydrogens is 331 g/mol. The van der Waals surface area contributed by atoms with Crippen LogP contribution in [0, 0.1) is 12.7 Å². The van der Waals surface area contributed by atoms with Crippen molar-refractivity contribution in [3.8, 4) is 11.1 Å². The van der Waals surface area contributed by atoms with Gasteiger partial charge in [-0.15, -0.1) is 0 Å². The Bertz CT molecular complexity index is 912. The molecule has 5 nitrogen and oxygen atoms in total. The van der Waals surface area contributed by atoms with Crippen molar-refractivity contribution in [1.29, 1.82) is 0 Å². The van der Waals surface area contributed by atoms with E-state index in [1.165, 1.54) is 12.1 Å². The summed E-state index contributed by atoms with van der Waals surface area (Å²) in [6, 6.07) is 6.33. The highest BCUT2D eigenvalue weighted by Crippen LogP contribution is 2.34. The normalized spacial score (nSPS) is 11.0. The fourth-order valence-electron chi connectivity index (χ4n) is 3.51. The van der Waals surface area contributed by atoms with E-state index in [-0.39, 0.29) is 5.82 Å². The van der Waals surface area contributed by atoms with Crippen molar-refractivity contribution in [2.45, 2.75) is 39.7 Å². The molecule has 0 unspecified atom stereocenters. The predicted octanol–water partition coefficient (Wildman–Crippen LogP) is 3.62. The number of imidazole rings is 1. The van der Waals surface area contributed by atoms with Crippen molar-refractivity contribution in [1.82, 2.24) is 14.5 Å². The Morgan fingerprint density at radius 3 is 2.77 bits per heavy atom. The maximum atomic E-state index is 13.8. The first-order valence-electron chi connectivity index (χ1n) is 8.77. The van der Waals surface area contributed by atoms with Crippen molar-refractivity contribution >= 4 is 5.91 Å². The SMILES string of the molecule is CCCc1c(-c2cccc(F)c2)c(C(N)=O)c(C)n1CCc1cnc[nH]1. The number of aromatic amines is 1. The minimum Gasteiger partial charge on any atom is -0.366 e. The number of carbonyl (C=O) groups excluding carboxylic acids is 1. The van der Waals surface area contributed by atoms with Crippen LogP contribution in [0.3, 0.4) is 0 Å². The number of amides is 1. The van der Waals surface area contributed by atoms with Crippen LogP contribution in [0.1, 0.15) is 40.8 Å². The summed E-state index contributed by atoms with van der Waals surface area (Å²) in [5.74, 6) is -0.817. The molecule has 1 aromatic carbocycles. The predicted molar refractivity (Wildman–Crippen MR) is 99.4 cm³/mol. The molecule has 0 saturated carbocycles. The van der Waals surface area contributed by atoms with Crippen LogP contribution in [0.25, 0.3) is 11.1 Å². The largest absolute Gasteiger partial charge is 0.366 e. The lowest BCUT2D eigenvalue weighted by atomic mass is 9.98. The zero-order valence-corrected chi connectivity index (χ0v) is 15.1. The molecule has 2 aromatic heterocycles. The van der Waals surface area contributed by atoms with E-state index in [0.29, 0.717) is 17.7 Å². The van der Waals surface area contributed by atoms with Gasteiger partial charge in [-0.3, -0.25) is 4.79 Å². The van der Waals surface area contributed by atoms with Gasteiger partial charge in [-0.2, -0.15) is 0 Å². The number of nitrogens with zero attached hydrogens (tertiary/aromatic N) is 2. The van der Waals surface area contributed by atoms with Gasteiger partial charge in [0, 0.05) is 41.8 Å². The number of hydrogen-bond donors (Lipinski definition) is 2. The number of nitrogens with two attached hydrogens (primary N) is 1. The Morgan fingerprint density at radius 1 is 1.35 bits per heavy atom. The second kappa shape index (κ2) is 7.56. The van der Waals surface area contributed by atoms with Crippen LogP contribution in [0.4, 0.5) is 4.39 Å². The van der Waals surface area contributed by atoms with Gasteiger partial charge in [0.05, 0.1) is 11.9 Å².